The maximum absolute atomic E-state index is 11.9. The number of hydrogen-bond acceptors (Lipinski definition) is 5. The zero-order valence-corrected chi connectivity index (χ0v) is 12.1. The molecule has 8 nitrogen and oxygen atoms in total. The second kappa shape index (κ2) is 6.39. The van der Waals surface area contributed by atoms with Crippen molar-refractivity contribution in [2.24, 2.45) is 0 Å². The first-order valence-corrected chi connectivity index (χ1v) is 7.02. The third kappa shape index (κ3) is 3.42. The Morgan fingerprint density at radius 3 is 2.74 bits per heavy atom. The van der Waals surface area contributed by atoms with Crippen LogP contribution in [0.25, 0.3) is 0 Å². The van der Waals surface area contributed by atoms with Crippen molar-refractivity contribution in [3.63, 3.8) is 0 Å². The van der Waals surface area contributed by atoms with E-state index in [2.05, 4.69) is 10.2 Å². The molecule has 0 bridgehead atoms. The molecule has 1 aromatic heterocycles. The van der Waals surface area contributed by atoms with E-state index >= 15 is 0 Å². The summed E-state index contributed by atoms with van der Waals surface area (Å²) in [6.07, 6.45) is 0.483. The van der Waals surface area contributed by atoms with Crippen LogP contribution in [0.2, 0.25) is 0 Å². The van der Waals surface area contributed by atoms with Crippen LogP contribution < -0.4 is 4.74 Å². The minimum Gasteiger partial charge on any atom is -0.477 e. The largest absolute Gasteiger partial charge is 0.477 e. The number of likely N-dealkylation sites (tertiary alicyclic amines) is 1. The van der Waals surface area contributed by atoms with E-state index in [4.69, 9.17) is 14.6 Å². The minimum atomic E-state index is -1.12. The molecule has 0 atom stereocenters. The Bertz CT molecular complexity index is 694. The maximum Gasteiger partial charge on any atom is 0.410 e. The number of benzene rings is 1. The van der Waals surface area contributed by atoms with Crippen molar-refractivity contribution in [3.05, 3.63) is 47.7 Å². The molecule has 1 aliphatic rings. The Labute approximate surface area is 131 Å². The van der Waals surface area contributed by atoms with E-state index in [9.17, 15) is 9.59 Å². The number of nitrogens with zero attached hydrogens (tertiary/aromatic N) is 2. The molecule has 1 fully saturated rings. The fourth-order valence-electron chi connectivity index (χ4n) is 2.16. The van der Waals surface area contributed by atoms with E-state index in [0.717, 1.165) is 5.56 Å². The van der Waals surface area contributed by atoms with Crippen LogP contribution in [0.15, 0.2) is 36.5 Å². The molecule has 1 amide bonds. The number of H-pyrrole nitrogens is 1. The van der Waals surface area contributed by atoms with Gasteiger partial charge in [0, 0.05) is 0 Å². The van der Waals surface area contributed by atoms with E-state index in [1.807, 2.05) is 30.3 Å². The summed E-state index contributed by atoms with van der Waals surface area (Å²) < 4.78 is 10.7. The number of carboxylic acids is 1. The number of carboxylic acid groups (broad SMARTS) is 1. The average molecular weight is 317 g/mol. The number of ether oxygens (including phenoxy) is 2. The molecule has 120 valence electrons. The first-order chi connectivity index (χ1) is 11.1. The number of nitrogens with one attached hydrogen (secondary N) is 1. The number of hydrogen-bond donors (Lipinski definition) is 2. The molecule has 8 heteroatoms. The third-order valence-electron chi connectivity index (χ3n) is 3.43. The molecule has 2 heterocycles. The first kappa shape index (κ1) is 14.9. The van der Waals surface area contributed by atoms with Crippen LogP contribution in [0.3, 0.4) is 0 Å². The molecule has 0 unspecified atom stereocenters. The molecule has 1 saturated heterocycles. The summed E-state index contributed by atoms with van der Waals surface area (Å²) in [5.74, 6) is -1.02. The number of aromatic amines is 1. The van der Waals surface area contributed by atoms with Gasteiger partial charge in [0.2, 0.25) is 5.88 Å². The lowest BCUT2D eigenvalue weighted by atomic mass is 10.2. The van der Waals surface area contributed by atoms with Crippen molar-refractivity contribution in [2.45, 2.75) is 12.7 Å². The van der Waals surface area contributed by atoms with Gasteiger partial charge in [0.15, 0.2) is 0 Å². The van der Waals surface area contributed by atoms with Crippen molar-refractivity contribution in [1.82, 2.24) is 15.1 Å². The Morgan fingerprint density at radius 1 is 1.30 bits per heavy atom. The van der Waals surface area contributed by atoms with Crippen molar-refractivity contribution >= 4 is 12.1 Å². The highest BCUT2D eigenvalue weighted by atomic mass is 16.6. The molecule has 0 aliphatic carbocycles. The lowest BCUT2D eigenvalue weighted by molar-refractivity contribution is 0.00609. The summed E-state index contributed by atoms with van der Waals surface area (Å²) in [6, 6.07) is 9.40. The molecule has 23 heavy (non-hydrogen) atoms. The monoisotopic (exact) mass is 317 g/mol. The fraction of sp³-hybridized carbons (Fsp3) is 0.267. The number of aromatic carboxylic acids is 1. The second-order valence-electron chi connectivity index (χ2n) is 5.10. The molecule has 0 radical (unpaired) electrons. The highest BCUT2D eigenvalue weighted by Crippen LogP contribution is 2.20. The normalized spacial score (nSPS) is 14.2. The Balaban J connectivity index is 1.44. The molecular formula is C15H15N3O5. The number of carbonyl (C=O) groups excluding carboxylic acids is 1. The van der Waals surface area contributed by atoms with E-state index in [1.165, 1.54) is 11.1 Å². The third-order valence-corrected chi connectivity index (χ3v) is 3.43. The van der Waals surface area contributed by atoms with Gasteiger partial charge in [-0.15, -0.1) is 0 Å². The number of aromatic nitrogens is 2. The van der Waals surface area contributed by atoms with Crippen molar-refractivity contribution < 1.29 is 24.2 Å². The molecular weight excluding hydrogens is 302 g/mol. The highest BCUT2D eigenvalue weighted by molar-refractivity contribution is 5.89. The van der Waals surface area contributed by atoms with Gasteiger partial charge >= 0.3 is 12.1 Å². The van der Waals surface area contributed by atoms with E-state index in [1.54, 1.807) is 0 Å². The van der Waals surface area contributed by atoms with Crippen LogP contribution in [-0.4, -0.2) is 51.5 Å². The maximum atomic E-state index is 11.9. The Morgan fingerprint density at radius 2 is 2.04 bits per heavy atom. The molecule has 1 aromatic carbocycles. The average Bonchev–Trinajstić information content (AvgIpc) is 2.97. The van der Waals surface area contributed by atoms with Gasteiger partial charge in [-0.1, -0.05) is 30.3 Å². The van der Waals surface area contributed by atoms with Crippen LogP contribution in [0, 0.1) is 0 Å². The van der Waals surface area contributed by atoms with Gasteiger partial charge < -0.3 is 19.5 Å². The van der Waals surface area contributed by atoms with Gasteiger partial charge in [0.25, 0.3) is 0 Å². The predicted octanol–water partition coefficient (Wildman–Crippen LogP) is 1.51. The van der Waals surface area contributed by atoms with E-state index in [0.29, 0.717) is 13.1 Å². The smallest absolute Gasteiger partial charge is 0.410 e. The molecule has 2 N–H and O–H groups in total. The summed E-state index contributed by atoms with van der Waals surface area (Å²) in [5, 5.41) is 15.1. The Kier molecular flexibility index (Phi) is 4.13. The van der Waals surface area contributed by atoms with Gasteiger partial charge in [-0.2, -0.15) is 5.10 Å². The number of amides is 1. The quantitative estimate of drug-likeness (QED) is 0.866. The first-order valence-electron chi connectivity index (χ1n) is 7.02. The van der Waals surface area contributed by atoms with Gasteiger partial charge in [-0.05, 0) is 5.56 Å². The summed E-state index contributed by atoms with van der Waals surface area (Å²) in [5.41, 5.74) is 0.882. The van der Waals surface area contributed by atoms with Gasteiger partial charge in [-0.25, -0.2) is 14.7 Å². The molecule has 0 spiro atoms. The van der Waals surface area contributed by atoms with Crippen molar-refractivity contribution in [3.8, 4) is 5.88 Å². The standard InChI is InChI=1S/C15H15N3O5/c19-14(20)12-6-16-17-13(12)23-11-7-18(8-11)15(21)22-9-10-4-2-1-3-5-10/h1-6,11H,7-9H2,(H,16,17)(H,19,20). The fourth-order valence-corrected chi connectivity index (χ4v) is 2.16. The topological polar surface area (TPSA) is 105 Å². The highest BCUT2D eigenvalue weighted by Gasteiger charge is 2.34. The predicted molar refractivity (Wildman–Crippen MR) is 78.2 cm³/mol. The lowest BCUT2D eigenvalue weighted by Crippen LogP contribution is -2.56. The zero-order valence-electron chi connectivity index (χ0n) is 12.1. The summed E-state index contributed by atoms with van der Waals surface area (Å²) >= 11 is 0. The van der Waals surface area contributed by atoms with E-state index < -0.39 is 12.1 Å². The van der Waals surface area contributed by atoms with Crippen LogP contribution in [-0.2, 0) is 11.3 Å². The molecule has 3 rings (SSSR count). The summed E-state index contributed by atoms with van der Waals surface area (Å²) in [6.45, 7) is 0.892. The zero-order chi connectivity index (χ0) is 16.2. The number of rotatable bonds is 5. The van der Waals surface area contributed by atoms with Gasteiger partial charge in [0.1, 0.15) is 18.3 Å². The van der Waals surface area contributed by atoms with Crippen molar-refractivity contribution in [1.29, 1.82) is 0 Å². The minimum absolute atomic E-state index is 0.0323. The Hall–Kier alpha value is -3.03. The van der Waals surface area contributed by atoms with Gasteiger partial charge in [0.05, 0.1) is 19.3 Å². The van der Waals surface area contributed by atoms with Gasteiger partial charge in [-0.3, -0.25) is 0 Å². The SMILES string of the molecule is O=C(O)c1cn[nH]c1OC1CN(C(=O)OCc2ccccc2)C1. The van der Waals surface area contributed by atoms with Crippen LogP contribution in [0.4, 0.5) is 4.79 Å². The number of carbonyl (C=O) groups is 2. The van der Waals surface area contributed by atoms with Crippen molar-refractivity contribution in [2.75, 3.05) is 13.1 Å². The van der Waals surface area contributed by atoms with E-state index in [-0.39, 0.29) is 24.2 Å². The van der Waals surface area contributed by atoms with Crippen LogP contribution in [0.5, 0.6) is 5.88 Å². The molecule has 2 aromatic rings. The molecule has 1 aliphatic heterocycles. The van der Waals surface area contributed by atoms with Crippen LogP contribution >= 0.6 is 0 Å². The lowest BCUT2D eigenvalue weighted by Gasteiger charge is -2.37. The summed E-state index contributed by atoms with van der Waals surface area (Å²) in [7, 11) is 0. The second-order valence-corrected chi connectivity index (χ2v) is 5.10. The molecule has 0 saturated carbocycles. The van der Waals surface area contributed by atoms with Crippen LogP contribution in [0.1, 0.15) is 15.9 Å². The summed E-state index contributed by atoms with van der Waals surface area (Å²) in [4.78, 5) is 24.3.